The molecular formula is C24H32N4O2. The number of carbonyl (C=O) groups is 1. The summed E-state index contributed by atoms with van der Waals surface area (Å²) in [6.07, 6.45) is 9.00. The zero-order valence-corrected chi connectivity index (χ0v) is 18.0. The summed E-state index contributed by atoms with van der Waals surface area (Å²) in [5.41, 5.74) is 1.89. The van der Waals surface area contributed by atoms with Gasteiger partial charge in [-0.25, -0.2) is 0 Å². The molecule has 1 aliphatic heterocycles. The molecule has 1 aromatic carbocycles. The average molecular weight is 409 g/mol. The predicted octanol–water partition coefficient (Wildman–Crippen LogP) is 3.54. The molecule has 2 fully saturated rings. The average Bonchev–Trinajstić information content (AvgIpc) is 2.80. The highest BCUT2D eigenvalue weighted by molar-refractivity contribution is 5.79. The van der Waals surface area contributed by atoms with E-state index in [1.165, 1.54) is 0 Å². The Bertz CT molecular complexity index is 817. The standard InChI is InChI=1S/C24H32N4O2/c1-17(2)23-16-26-13-14-28(23)24(29)19-5-9-21(10-6-19)30-20-7-3-18(4-8-20)22-15-25-11-12-27-22/h3-4,7-8,11-12,15,17,19,21,23,26H,5-6,9-10,13-14,16H2,1-2H3/t19-,21-,23?. The van der Waals surface area contributed by atoms with Gasteiger partial charge in [-0.2, -0.15) is 0 Å². The van der Waals surface area contributed by atoms with Gasteiger partial charge in [-0.1, -0.05) is 13.8 Å². The lowest BCUT2D eigenvalue weighted by molar-refractivity contribution is -0.141. The fourth-order valence-electron chi connectivity index (χ4n) is 4.60. The molecule has 0 bridgehead atoms. The van der Waals surface area contributed by atoms with Crippen molar-refractivity contribution in [1.29, 1.82) is 0 Å². The first-order chi connectivity index (χ1) is 14.6. The van der Waals surface area contributed by atoms with Gasteiger partial charge in [-0.05, 0) is 55.9 Å². The van der Waals surface area contributed by atoms with Crippen LogP contribution in [-0.4, -0.2) is 52.6 Å². The number of carbonyl (C=O) groups excluding carboxylic acids is 1. The Balaban J connectivity index is 1.30. The number of amides is 1. The van der Waals surface area contributed by atoms with Gasteiger partial charge in [0.15, 0.2) is 0 Å². The minimum Gasteiger partial charge on any atom is -0.490 e. The van der Waals surface area contributed by atoms with Crippen molar-refractivity contribution in [1.82, 2.24) is 20.2 Å². The molecule has 1 aliphatic carbocycles. The topological polar surface area (TPSA) is 67.4 Å². The number of benzene rings is 1. The van der Waals surface area contributed by atoms with Gasteiger partial charge in [0.25, 0.3) is 0 Å². The smallest absolute Gasteiger partial charge is 0.226 e. The van der Waals surface area contributed by atoms with Gasteiger partial charge in [0.1, 0.15) is 5.75 Å². The second-order valence-electron chi connectivity index (χ2n) is 8.75. The molecule has 1 atom stereocenters. The van der Waals surface area contributed by atoms with Crippen LogP contribution in [-0.2, 0) is 4.79 Å². The monoisotopic (exact) mass is 408 g/mol. The van der Waals surface area contributed by atoms with Crippen molar-refractivity contribution >= 4 is 5.91 Å². The molecule has 1 saturated carbocycles. The van der Waals surface area contributed by atoms with E-state index < -0.39 is 0 Å². The first kappa shape index (κ1) is 20.8. The third-order valence-electron chi connectivity index (χ3n) is 6.38. The van der Waals surface area contributed by atoms with Crippen LogP contribution in [0.5, 0.6) is 5.75 Å². The molecule has 4 rings (SSSR count). The zero-order chi connectivity index (χ0) is 20.9. The number of ether oxygens (including phenoxy) is 1. The zero-order valence-electron chi connectivity index (χ0n) is 18.0. The van der Waals surface area contributed by atoms with Gasteiger partial charge in [0, 0.05) is 49.6 Å². The van der Waals surface area contributed by atoms with Gasteiger partial charge in [0.05, 0.1) is 18.0 Å². The number of rotatable bonds is 5. The first-order valence-electron chi connectivity index (χ1n) is 11.2. The number of hydrogen-bond donors (Lipinski definition) is 1. The second kappa shape index (κ2) is 9.56. The summed E-state index contributed by atoms with van der Waals surface area (Å²) in [5.74, 6) is 1.84. The minimum absolute atomic E-state index is 0.142. The van der Waals surface area contributed by atoms with Crippen LogP contribution in [0.1, 0.15) is 39.5 Å². The summed E-state index contributed by atoms with van der Waals surface area (Å²) in [4.78, 5) is 23.7. The maximum Gasteiger partial charge on any atom is 0.226 e. The molecule has 6 heteroatoms. The van der Waals surface area contributed by atoms with Gasteiger partial charge in [-0.15, -0.1) is 0 Å². The van der Waals surface area contributed by atoms with Crippen LogP contribution in [0, 0.1) is 11.8 Å². The number of nitrogens with one attached hydrogen (secondary N) is 1. The molecule has 2 aromatic rings. The van der Waals surface area contributed by atoms with E-state index in [2.05, 4.69) is 34.0 Å². The van der Waals surface area contributed by atoms with Gasteiger partial charge < -0.3 is 15.0 Å². The van der Waals surface area contributed by atoms with Crippen LogP contribution in [0.15, 0.2) is 42.9 Å². The Morgan fingerprint density at radius 3 is 2.57 bits per heavy atom. The molecule has 1 N–H and O–H groups in total. The van der Waals surface area contributed by atoms with Crippen LogP contribution in [0.25, 0.3) is 11.3 Å². The SMILES string of the molecule is CC(C)C1CNCCN1C(=O)[C@H]1CC[C@H](Oc2ccc(-c3cnccn3)cc2)CC1. The molecular weight excluding hydrogens is 376 g/mol. The molecule has 2 aliphatic rings. The van der Waals surface area contributed by atoms with Crippen molar-refractivity contribution in [3.8, 4) is 17.0 Å². The molecule has 0 spiro atoms. The summed E-state index contributed by atoms with van der Waals surface area (Å²) < 4.78 is 6.21. The molecule has 1 saturated heterocycles. The van der Waals surface area contributed by atoms with Crippen molar-refractivity contribution in [2.75, 3.05) is 19.6 Å². The summed E-state index contributed by atoms with van der Waals surface area (Å²) in [5, 5.41) is 3.43. The summed E-state index contributed by atoms with van der Waals surface area (Å²) in [6.45, 7) is 7.05. The number of piperazine rings is 1. The molecule has 160 valence electrons. The van der Waals surface area contributed by atoms with Crippen LogP contribution >= 0.6 is 0 Å². The third kappa shape index (κ3) is 4.81. The van der Waals surface area contributed by atoms with Gasteiger partial charge >= 0.3 is 0 Å². The lowest BCUT2D eigenvalue weighted by Gasteiger charge is -2.41. The van der Waals surface area contributed by atoms with E-state index in [4.69, 9.17) is 4.74 Å². The fourth-order valence-corrected chi connectivity index (χ4v) is 4.60. The van der Waals surface area contributed by atoms with Crippen molar-refractivity contribution in [3.63, 3.8) is 0 Å². The number of aromatic nitrogens is 2. The number of hydrogen-bond acceptors (Lipinski definition) is 5. The molecule has 0 radical (unpaired) electrons. The van der Waals surface area contributed by atoms with Crippen LogP contribution < -0.4 is 10.1 Å². The normalized spacial score (nSPS) is 24.6. The van der Waals surface area contributed by atoms with E-state index in [1.807, 2.05) is 24.3 Å². The highest BCUT2D eigenvalue weighted by atomic mass is 16.5. The maximum absolute atomic E-state index is 13.2. The highest BCUT2D eigenvalue weighted by Crippen LogP contribution is 2.31. The van der Waals surface area contributed by atoms with E-state index >= 15 is 0 Å². The van der Waals surface area contributed by atoms with Crippen molar-refractivity contribution < 1.29 is 9.53 Å². The van der Waals surface area contributed by atoms with E-state index in [1.54, 1.807) is 18.6 Å². The molecule has 1 aromatic heterocycles. The molecule has 1 unspecified atom stereocenters. The van der Waals surface area contributed by atoms with Gasteiger partial charge in [-0.3, -0.25) is 14.8 Å². The molecule has 30 heavy (non-hydrogen) atoms. The van der Waals surface area contributed by atoms with E-state index in [0.717, 1.165) is 62.3 Å². The highest BCUT2D eigenvalue weighted by Gasteiger charge is 2.35. The fraction of sp³-hybridized carbons (Fsp3) is 0.542. The lowest BCUT2D eigenvalue weighted by Crippen LogP contribution is -2.57. The Morgan fingerprint density at radius 1 is 1.13 bits per heavy atom. The molecule has 2 heterocycles. The lowest BCUT2D eigenvalue weighted by atomic mass is 9.85. The third-order valence-corrected chi connectivity index (χ3v) is 6.38. The minimum atomic E-state index is 0.142. The first-order valence-corrected chi connectivity index (χ1v) is 11.2. The maximum atomic E-state index is 13.2. The molecule has 1 amide bonds. The van der Waals surface area contributed by atoms with Crippen molar-refractivity contribution in [2.24, 2.45) is 11.8 Å². The quantitative estimate of drug-likeness (QED) is 0.820. The Morgan fingerprint density at radius 2 is 1.90 bits per heavy atom. The molecule has 6 nitrogen and oxygen atoms in total. The van der Waals surface area contributed by atoms with Crippen LogP contribution in [0.2, 0.25) is 0 Å². The van der Waals surface area contributed by atoms with Crippen LogP contribution in [0.4, 0.5) is 0 Å². The van der Waals surface area contributed by atoms with Crippen molar-refractivity contribution in [3.05, 3.63) is 42.9 Å². The Kier molecular flexibility index (Phi) is 6.62. The predicted molar refractivity (Wildman–Crippen MR) is 117 cm³/mol. The number of nitrogens with zero attached hydrogens (tertiary/aromatic N) is 3. The Labute approximate surface area is 179 Å². The summed E-state index contributed by atoms with van der Waals surface area (Å²) in [6, 6.07) is 8.34. The van der Waals surface area contributed by atoms with E-state index in [9.17, 15) is 4.79 Å². The summed E-state index contributed by atoms with van der Waals surface area (Å²) >= 11 is 0. The second-order valence-corrected chi connectivity index (χ2v) is 8.75. The van der Waals surface area contributed by atoms with Gasteiger partial charge in [0.2, 0.25) is 5.91 Å². The van der Waals surface area contributed by atoms with Crippen molar-refractivity contribution in [2.45, 2.75) is 51.7 Å². The van der Waals surface area contributed by atoms with E-state index in [0.29, 0.717) is 17.9 Å². The largest absolute Gasteiger partial charge is 0.490 e. The van der Waals surface area contributed by atoms with Crippen LogP contribution in [0.3, 0.4) is 0 Å². The Hall–Kier alpha value is -2.47. The summed E-state index contributed by atoms with van der Waals surface area (Å²) in [7, 11) is 0. The van der Waals surface area contributed by atoms with E-state index in [-0.39, 0.29) is 12.0 Å².